The quantitative estimate of drug-likeness (QED) is 0.808. The number of nitrogens with zero attached hydrogens (tertiary/aromatic N) is 1. The zero-order chi connectivity index (χ0) is 14.6. The molecule has 0 aliphatic rings. The lowest BCUT2D eigenvalue weighted by molar-refractivity contribution is -0.105. The molecule has 2 nitrogen and oxygen atoms in total. The van der Waals surface area contributed by atoms with Crippen molar-refractivity contribution in [2.45, 2.75) is 24.5 Å². The van der Waals surface area contributed by atoms with Gasteiger partial charge >= 0.3 is 6.18 Å². The van der Waals surface area contributed by atoms with Gasteiger partial charge in [0.1, 0.15) is 5.01 Å². The summed E-state index contributed by atoms with van der Waals surface area (Å²) < 4.78 is 36.8. The number of rotatable bonds is 5. The van der Waals surface area contributed by atoms with E-state index >= 15 is 0 Å². The van der Waals surface area contributed by atoms with Gasteiger partial charge in [0, 0.05) is 21.7 Å². The number of thiazole rings is 1. The number of nitrogens with one attached hydrogen (secondary N) is 1. The van der Waals surface area contributed by atoms with E-state index in [4.69, 9.17) is 0 Å². The zero-order valence-corrected chi connectivity index (χ0v) is 12.3. The maximum absolute atomic E-state index is 12.3. The Morgan fingerprint density at radius 3 is 2.70 bits per heavy atom. The summed E-state index contributed by atoms with van der Waals surface area (Å²) in [6.45, 7) is 2.43. The van der Waals surface area contributed by atoms with Crippen molar-refractivity contribution in [3.63, 3.8) is 0 Å². The first-order chi connectivity index (χ1) is 9.44. The van der Waals surface area contributed by atoms with Gasteiger partial charge in [-0.05, 0) is 19.1 Å². The van der Waals surface area contributed by atoms with E-state index in [1.807, 2.05) is 12.3 Å². The first-order valence-electron chi connectivity index (χ1n) is 5.87. The van der Waals surface area contributed by atoms with Crippen molar-refractivity contribution in [2.75, 3.05) is 11.1 Å². The number of hydrogen-bond donors (Lipinski definition) is 1. The highest BCUT2D eigenvalue weighted by Crippen LogP contribution is 2.32. The molecule has 0 fully saturated rings. The highest BCUT2D eigenvalue weighted by atomic mass is 32.2. The average Bonchev–Trinajstić information content (AvgIpc) is 2.80. The van der Waals surface area contributed by atoms with Crippen molar-refractivity contribution in [1.29, 1.82) is 0 Å². The van der Waals surface area contributed by atoms with Crippen LogP contribution in [0, 0.1) is 6.92 Å². The molecule has 0 aliphatic carbocycles. The zero-order valence-electron chi connectivity index (χ0n) is 10.7. The molecule has 0 amide bonds. The fourth-order valence-electron chi connectivity index (χ4n) is 1.55. The number of thioether (sulfide) groups is 1. The number of para-hydroxylation sites is 1. The van der Waals surface area contributed by atoms with Gasteiger partial charge in [-0.2, -0.15) is 13.2 Å². The van der Waals surface area contributed by atoms with Crippen LogP contribution in [-0.4, -0.2) is 16.9 Å². The second kappa shape index (κ2) is 6.49. The molecule has 0 saturated carbocycles. The molecule has 1 aromatic carbocycles. The Morgan fingerprint density at radius 1 is 1.30 bits per heavy atom. The number of benzene rings is 1. The molecule has 0 saturated heterocycles. The molecule has 1 N–H and O–H groups in total. The first-order valence-corrected chi connectivity index (χ1v) is 7.74. The molecule has 0 radical (unpaired) electrons. The summed E-state index contributed by atoms with van der Waals surface area (Å²) >= 11 is 2.32. The summed E-state index contributed by atoms with van der Waals surface area (Å²) in [6, 6.07) is 7.00. The summed E-state index contributed by atoms with van der Waals surface area (Å²) in [7, 11) is 0. The van der Waals surface area contributed by atoms with Gasteiger partial charge in [-0.15, -0.1) is 23.1 Å². The fourth-order valence-corrected chi connectivity index (χ4v) is 3.05. The van der Waals surface area contributed by atoms with Crippen molar-refractivity contribution >= 4 is 28.8 Å². The maximum Gasteiger partial charge on any atom is 0.398 e. The van der Waals surface area contributed by atoms with E-state index in [-0.39, 0.29) is 0 Å². The maximum atomic E-state index is 12.3. The SMILES string of the molecule is Cc1csc(CNc2ccccc2SCC(F)(F)F)n1. The highest BCUT2D eigenvalue weighted by Gasteiger charge is 2.27. The predicted molar refractivity (Wildman–Crippen MR) is 77.4 cm³/mol. The smallest absolute Gasteiger partial charge is 0.378 e. The number of anilines is 1. The van der Waals surface area contributed by atoms with Gasteiger partial charge < -0.3 is 5.32 Å². The summed E-state index contributed by atoms with van der Waals surface area (Å²) in [5.74, 6) is -0.887. The topological polar surface area (TPSA) is 24.9 Å². The standard InChI is InChI=1S/C13H13F3N2S2/c1-9-7-19-12(18-9)6-17-10-4-2-3-5-11(10)20-8-13(14,15)16/h2-5,7,17H,6,8H2,1H3. The van der Waals surface area contributed by atoms with E-state index in [1.165, 1.54) is 11.3 Å². The van der Waals surface area contributed by atoms with E-state index in [2.05, 4.69) is 10.3 Å². The molecule has 0 spiro atoms. The van der Waals surface area contributed by atoms with Crippen LogP contribution in [0.4, 0.5) is 18.9 Å². The van der Waals surface area contributed by atoms with Crippen molar-refractivity contribution < 1.29 is 13.2 Å². The van der Waals surface area contributed by atoms with Crippen LogP contribution >= 0.6 is 23.1 Å². The first kappa shape index (κ1) is 15.2. The molecule has 0 unspecified atom stereocenters. The van der Waals surface area contributed by atoms with E-state index < -0.39 is 11.9 Å². The normalized spacial score (nSPS) is 11.6. The number of alkyl halides is 3. The number of halogens is 3. The Balaban J connectivity index is 2.00. The van der Waals surface area contributed by atoms with Crippen LogP contribution in [0.15, 0.2) is 34.5 Å². The second-order valence-electron chi connectivity index (χ2n) is 4.14. The number of aryl methyl sites for hydroxylation is 1. The Hall–Kier alpha value is -1.21. The minimum Gasteiger partial charge on any atom is -0.378 e. The fraction of sp³-hybridized carbons (Fsp3) is 0.308. The van der Waals surface area contributed by atoms with Gasteiger partial charge in [-0.3, -0.25) is 0 Å². The van der Waals surface area contributed by atoms with Crippen LogP contribution in [0.1, 0.15) is 10.7 Å². The monoisotopic (exact) mass is 318 g/mol. The van der Waals surface area contributed by atoms with E-state index in [0.717, 1.165) is 22.5 Å². The largest absolute Gasteiger partial charge is 0.398 e. The lowest BCUT2D eigenvalue weighted by Gasteiger charge is -2.11. The van der Waals surface area contributed by atoms with Crippen LogP contribution in [0.3, 0.4) is 0 Å². The van der Waals surface area contributed by atoms with Crippen LogP contribution in [0.25, 0.3) is 0 Å². The van der Waals surface area contributed by atoms with Crippen LogP contribution in [-0.2, 0) is 6.54 Å². The van der Waals surface area contributed by atoms with Crippen molar-refractivity contribution in [1.82, 2.24) is 4.98 Å². The van der Waals surface area contributed by atoms with Crippen molar-refractivity contribution in [3.05, 3.63) is 40.3 Å². The minimum atomic E-state index is -4.16. The molecule has 7 heteroatoms. The Labute approximate surface area is 123 Å². The van der Waals surface area contributed by atoms with Gasteiger partial charge in [0.15, 0.2) is 0 Å². The minimum absolute atomic E-state index is 0.516. The molecule has 0 atom stereocenters. The third kappa shape index (κ3) is 4.72. The molecule has 2 rings (SSSR count). The van der Waals surface area contributed by atoms with Gasteiger partial charge in [0.05, 0.1) is 12.3 Å². The second-order valence-corrected chi connectivity index (χ2v) is 6.10. The molecule has 1 heterocycles. The predicted octanol–water partition coefficient (Wildman–Crippen LogP) is 4.72. The molecule has 2 aromatic rings. The van der Waals surface area contributed by atoms with E-state index in [1.54, 1.807) is 24.3 Å². The summed E-state index contributed by atoms with van der Waals surface area (Å²) in [6.07, 6.45) is -4.16. The number of hydrogen-bond acceptors (Lipinski definition) is 4. The van der Waals surface area contributed by atoms with Gasteiger partial charge in [0.2, 0.25) is 0 Å². The number of aromatic nitrogens is 1. The Morgan fingerprint density at radius 2 is 2.05 bits per heavy atom. The van der Waals surface area contributed by atoms with Crippen LogP contribution in [0.2, 0.25) is 0 Å². The van der Waals surface area contributed by atoms with Crippen molar-refractivity contribution in [2.24, 2.45) is 0 Å². The lowest BCUT2D eigenvalue weighted by atomic mass is 10.3. The molecule has 1 aromatic heterocycles. The van der Waals surface area contributed by atoms with Gasteiger partial charge in [-0.25, -0.2) is 4.98 Å². The summed E-state index contributed by atoms with van der Waals surface area (Å²) in [5.41, 5.74) is 1.65. The molecule has 108 valence electrons. The van der Waals surface area contributed by atoms with Crippen LogP contribution < -0.4 is 5.32 Å². The molecule has 20 heavy (non-hydrogen) atoms. The lowest BCUT2D eigenvalue weighted by Crippen LogP contribution is -2.11. The van der Waals surface area contributed by atoms with Crippen LogP contribution in [0.5, 0.6) is 0 Å². The molecule has 0 bridgehead atoms. The third-order valence-electron chi connectivity index (χ3n) is 2.38. The molecular formula is C13H13F3N2S2. The van der Waals surface area contributed by atoms with Crippen molar-refractivity contribution in [3.8, 4) is 0 Å². The highest BCUT2D eigenvalue weighted by molar-refractivity contribution is 7.99. The van der Waals surface area contributed by atoms with Gasteiger partial charge in [-0.1, -0.05) is 12.1 Å². The third-order valence-corrected chi connectivity index (χ3v) is 4.48. The average molecular weight is 318 g/mol. The van der Waals surface area contributed by atoms with E-state index in [0.29, 0.717) is 17.1 Å². The van der Waals surface area contributed by atoms with Gasteiger partial charge in [0.25, 0.3) is 0 Å². The molecule has 0 aliphatic heterocycles. The van der Waals surface area contributed by atoms with E-state index in [9.17, 15) is 13.2 Å². The molecular weight excluding hydrogens is 305 g/mol. The Kier molecular flexibility index (Phi) is 4.93. The Bertz CT molecular complexity index is 567. The summed E-state index contributed by atoms with van der Waals surface area (Å²) in [4.78, 5) is 4.91. The summed E-state index contributed by atoms with van der Waals surface area (Å²) in [5, 5.41) is 6.00.